The van der Waals surface area contributed by atoms with Crippen molar-refractivity contribution in [3.8, 4) is 5.75 Å². The predicted octanol–water partition coefficient (Wildman–Crippen LogP) is 4.11. The molecule has 1 amide bonds. The highest BCUT2D eigenvalue weighted by atomic mass is 32.1. The standard InChI is InChI=1S/C21H24N2O3S/c1-4-11-23-12-10-17-19(21(23)25)18(14(3)27-17)20(24)22-13-15-8-6-7-9-16(15)26-5-2/h6-10,12H,4-5,11,13H2,1-3H3,(H,22,24). The zero-order chi connectivity index (χ0) is 19.4. The SMILES string of the molecule is CCCn1ccc2sc(C)c(C(=O)NCc3ccccc3OCC)c2c1=O. The van der Waals surface area contributed by atoms with E-state index in [0.717, 1.165) is 27.3 Å². The second-order valence-corrected chi connectivity index (χ2v) is 7.57. The molecule has 0 aliphatic carbocycles. The van der Waals surface area contributed by atoms with Gasteiger partial charge in [0.2, 0.25) is 0 Å². The number of ether oxygens (including phenoxy) is 1. The highest BCUT2D eigenvalue weighted by Crippen LogP contribution is 2.28. The highest BCUT2D eigenvalue weighted by molar-refractivity contribution is 7.19. The van der Waals surface area contributed by atoms with E-state index in [1.165, 1.54) is 11.3 Å². The molecule has 142 valence electrons. The lowest BCUT2D eigenvalue weighted by molar-refractivity contribution is 0.0952. The summed E-state index contributed by atoms with van der Waals surface area (Å²) in [6.45, 7) is 7.40. The molecule has 0 aliphatic heterocycles. The van der Waals surface area contributed by atoms with Crippen LogP contribution in [0.4, 0.5) is 0 Å². The van der Waals surface area contributed by atoms with E-state index in [1.54, 1.807) is 4.57 Å². The summed E-state index contributed by atoms with van der Waals surface area (Å²) in [7, 11) is 0. The Morgan fingerprint density at radius 3 is 2.74 bits per heavy atom. The second-order valence-electron chi connectivity index (χ2n) is 6.31. The molecule has 0 aliphatic rings. The van der Waals surface area contributed by atoms with E-state index in [9.17, 15) is 9.59 Å². The Hall–Kier alpha value is -2.60. The minimum Gasteiger partial charge on any atom is -0.494 e. The first kappa shape index (κ1) is 19.2. The van der Waals surface area contributed by atoms with Crippen LogP contribution in [-0.2, 0) is 13.1 Å². The van der Waals surface area contributed by atoms with E-state index in [0.29, 0.717) is 30.6 Å². The number of nitrogens with one attached hydrogen (secondary N) is 1. The minimum absolute atomic E-state index is 0.0985. The van der Waals surface area contributed by atoms with Gasteiger partial charge in [-0.15, -0.1) is 11.3 Å². The molecule has 0 atom stereocenters. The molecule has 2 aromatic heterocycles. The molecular weight excluding hydrogens is 360 g/mol. The molecule has 0 radical (unpaired) electrons. The average molecular weight is 385 g/mol. The molecular formula is C21H24N2O3S. The third-order valence-corrected chi connectivity index (χ3v) is 5.47. The number of fused-ring (bicyclic) bond motifs is 1. The highest BCUT2D eigenvalue weighted by Gasteiger charge is 2.20. The number of carbonyl (C=O) groups excluding carboxylic acids is 1. The number of amides is 1. The summed E-state index contributed by atoms with van der Waals surface area (Å²) in [6.07, 6.45) is 2.67. The lowest BCUT2D eigenvalue weighted by atomic mass is 10.1. The Bertz CT molecular complexity index is 1020. The van der Waals surface area contributed by atoms with Gasteiger partial charge in [-0.2, -0.15) is 0 Å². The molecule has 27 heavy (non-hydrogen) atoms. The number of hydrogen-bond acceptors (Lipinski definition) is 4. The lowest BCUT2D eigenvalue weighted by Gasteiger charge is -2.11. The van der Waals surface area contributed by atoms with Crippen molar-refractivity contribution >= 4 is 27.3 Å². The molecule has 0 spiro atoms. The summed E-state index contributed by atoms with van der Waals surface area (Å²) in [5, 5.41) is 3.47. The van der Waals surface area contributed by atoms with Gasteiger partial charge in [0.05, 0.1) is 17.6 Å². The van der Waals surface area contributed by atoms with Crippen LogP contribution >= 0.6 is 11.3 Å². The first-order valence-corrected chi connectivity index (χ1v) is 9.99. The Labute approximate surface area is 162 Å². The van der Waals surface area contributed by atoms with E-state index in [4.69, 9.17) is 4.74 Å². The number of aromatic nitrogens is 1. The van der Waals surface area contributed by atoms with Gasteiger partial charge in [0.25, 0.3) is 11.5 Å². The van der Waals surface area contributed by atoms with Gasteiger partial charge in [-0.1, -0.05) is 25.1 Å². The number of carbonyl (C=O) groups is 1. The van der Waals surface area contributed by atoms with Crippen LogP contribution < -0.4 is 15.6 Å². The second kappa shape index (κ2) is 8.39. The number of thiophene rings is 1. The summed E-state index contributed by atoms with van der Waals surface area (Å²) >= 11 is 1.48. The third kappa shape index (κ3) is 3.90. The van der Waals surface area contributed by atoms with Crippen molar-refractivity contribution in [1.82, 2.24) is 9.88 Å². The first-order chi connectivity index (χ1) is 13.1. The van der Waals surface area contributed by atoms with Crippen LogP contribution in [-0.4, -0.2) is 17.1 Å². The number of para-hydroxylation sites is 1. The fourth-order valence-electron chi connectivity index (χ4n) is 3.17. The van der Waals surface area contributed by atoms with Crippen molar-refractivity contribution in [2.24, 2.45) is 0 Å². The lowest BCUT2D eigenvalue weighted by Crippen LogP contribution is -2.26. The number of benzene rings is 1. The fourth-order valence-corrected chi connectivity index (χ4v) is 4.21. The van der Waals surface area contributed by atoms with Crippen LogP contribution in [0.25, 0.3) is 10.1 Å². The van der Waals surface area contributed by atoms with Crippen LogP contribution in [0.15, 0.2) is 41.3 Å². The van der Waals surface area contributed by atoms with Gasteiger partial charge in [-0.3, -0.25) is 9.59 Å². The van der Waals surface area contributed by atoms with Gasteiger partial charge in [0.15, 0.2) is 0 Å². The Morgan fingerprint density at radius 2 is 2.00 bits per heavy atom. The van der Waals surface area contributed by atoms with Crippen molar-refractivity contribution < 1.29 is 9.53 Å². The zero-order valence-corrected chi connectivity index (χ0v) is 16.7. The van der Waals surface area contributed by atoms with Crippen LogP contribution in [0, 0.1) is 6.92 Å². The van der Waals surface area contributed by atoms with E-state index in [1.807, 2.05) is 57.3 Å². The Morgan fingerprint density at radius 1 is 1.22 bits per heavy atom. The Balaban J connectivity index is 1.91. The number of hydrogen-bond donors (Lipinski definition) is 1. The van der Waals surface area contributed by atoms with Gasteiger partial charge in [-0.05, 0) is 32.4 Å². The van der Waals surface area contributed by atoms with Gasteiger partial charge < -0.3 is 14.6 Å². The molecule has 1 N–H and O–H groups in total. The summed E-state index contributed by atoms with van der Waals surface area (Å²) in [5.74, 6) is 0.536. The third-order valence-electron chi connectivity index (χ3n) is 4.40. The topological polar surface area (TPSA) is 60.3 Å². The summed E-state index contributed by atoms with van der Waals surface area (Å²) in [5.41, 5.74) is 1.30. The van der Waals surface area contributed by atoms with Crippen LogP contribution in [0.3, 0.4) is 0 Å². The maximum Gasteiger partial charge on any atom is 0.260 e. The summed E-state index contributed by atoms with van der Waals surface area (Å²) < 4.78 is 8.14. The quantitative estimate of drug-likeness (QED) is 0.667. The number of nitrogens with zero attached hydrogens (tertiary/aromatic N) is 1. The fraction of sp³-hybridized carbons (Fsp3) is 0.333. The Kier molecular flexibility index (Phi) is 5.96. The van der Waals surface area contributed by atoms with Crippen LogP contribution in [0.2, 0.25) is 0 Å². The van der Waals surface area contributed by atoms with E-state index >= 15 is 0 Å². The predicted molar refractivity (Wildman–Crippen MR) is 110 cm³/mol. The number of pyridine rings is 1. The van der Waals surface area contributed by atoms with Crippen molar-refractivity contribution in [2.75, 3.05) is 6.61 Å². The van der Waals surface area contributed by atoms with E-state index in [2.05, 4.69) is 5.32 Å². The molecule has 0 unspecified atom stereocenters. The van der Waals surface area contributed by atoms with E-state index in [-0.39, 0.29) is 11.5 Å². The molecule has 6 heteroatoms. The van der Waals surface area contributed by atoms with Crippen molar-refractivity contribution in [3.63, 3.8) is 0 Å². The summed E-state index contributed by atoms with van der Waals surface area (Å²) in [4.78, 5) is 26.6. The van der Waals surface area contributed by atoms with Crippen molar-refractivity contribution in [2.45, 2.75) is 40.3 Å². The largest absolute Gasteiger partial charge is 0.494 e. The molecule has 1 aromatic carbocycles. The zero-order valence-electron chi connectivity index (χ0n) is 15.9. The number of aryl methyl sites for hydroxylation is 2. The average Bonchev–Trinajstić information content (AvgIpc) is 3.00. The van der Waals surface area contributed by atoms with Crippen molar-refractivity contribution in [3.05, 3.63) is 62.9 Å². The summed E-state index contributed by atoms with van der Waals surface area (Å²) in [6, 6.07) is 9.56. The molecule has 0 bridgehead atoms. The molecule has 3 aromatic rings. The smallest absolute Gasteiger partial charge is 0.260 e. The van der Waals surface area contributed by atoms with E-state index < -0.39 is 0 Å². The monoisotopic (exact) mass is 384 g/mol. The molecule has 2 heterocycles. The maximum absolute atomic E-state index is 12.9. The van der Waals surface area contributed by atoms with Gasteiger partial charge in [-0.25, -0.2) is 0 Å². The van der Waals surface area contributed by atoms with Crippen molar-refractivity contribution in [1.29, 1.82) is 0 Å². The van der Waals surface area contributed by atoms with Gasteiger partial charge in [0.1, 0.15) is 5.75 Å². The minimum atomic E-state index is -0.226. The maximum atomic E-state index is 12.9. The van der Waals surface area contributed by atoms with Crippen LogP contribution in [0.1, 0.15) is 41.1 Å². The van der Waals surface area contributed by atoms with Gasteiger partial charge >= 0.3 is 0 Å². The molecule has 0 saturated carbocycles. The molecule has 5 nitrogen and oxygen atoms in total. The molecule has 3 rings (SSSR count). The van der Waals surface area contributed by atoms with Gasteiger partial charge in [0, 0.05) is 34.4 Å². The normalized spacial score (nSPS) is 10.9. The van der Waals surface area contributed by atoms with Crippen LogP contribution in [0.5, 0.6) is 5.75 Å². The first-order valence-electron chi connectivity index (χ1n) is 9.18. The number of rotatable bonds is 7. The molecule has 0 fully saturated rings. The molecule has 0 saturated heterocycles.